The predicted molar refractivity (Wildman–Crippen MR) is 108 cm³/mol. The lowest BCUT2D eigenvalue weighted by Gasteiger charge is -2.20. The molecule has 9 heteroatoms. The van der Waals surface area contributed by atoms with Crippen LogP contribution in [-0.2, 0) is 11.8 Å². The van der Waals surface area contributed by atoms with E-state index in [-0.39, 0.29) is 11.7 Å². The van der Waals surface area contributed by atoms with Crippen LogP contribution in [0.2, 0.25) is 0 Å². The van der Waals surface area contributed by atoms with Crippen molar-refractivity contribution in [2.75, 3.05) is 13.2 Å². The van der Waals surface area contributed by atoms with Crippen LogP contribution < -0.4 is 10.4 Å². The molecule has 2 aliphatic heterocycles. The highest BCUT2D eigenvalue weighted by Crippen LogP contribution is 2.45. The minimum absolute atomic E-state index is 0.164. The third kappa shape index (κ3) is 2.22. The molecule has 0 N–H and O–H groups in total. The standard InChI is InChI=1S/C20H14BrFN4O3/c1-25-12-6-23-11-4-10(22)16(9-2-3-15(21)24-5-9)19-17(11)18(12)26(20(25)27)13-7-28-8-14(13)29-19/h2-6,13-14H,7-8H2,1H3/t13-,14-/m1/s1. The van der Waals surface area contributed by atoms with Gasteiger partial charge in [0.2, 0.25) is 0 Å². The Labute approximate surface area is 171 Å². The summed E-state index contributed by atoms with van der Waals surface area (Å²) in [5.41, 5.74) is 2.54. The van der Waals surface area contributed by atoms with Crippen molar-refractivity contribution < 1.29 is 13.9 Å². The van der Waals surface area contributed by atoms with Crippen molar-refractivity contribution in [3.05, 3.63) is 51.5 Å². The lowest BCUT2D eigenvalue weighted by atomic mass is 10.0. The molecule has 0 radical (unpaired) electrons. The van der Waals surface area contributed by atoms with E-state index in [1.807, 2.05) is 0 Å². The molecule has 0 spiro atoms. The number of hydrogen-bond donors (Lipinski definition) is 0. The number of ether oxygens (including phenoxy) is 2. The quantitative estimate of drug-likeness (QED) is 0.411. The SMILES string of the molecule is Cn1c(=O)n2c3c4c(c(-c5ccc(Br)nc5)c(F)cc4ncc31)O[C@@H]1COC[C@H]12. The Balaban J connectivity index is 1.82. The first-order valence-electron chi connectivity index (χ1n) is 9.13. The average molecular weight is 457 g/mol. The molecule has 2 atom stereocenters. The average Bonchev–Trinajstić information content (AvgIpc) is 3.21. The molecule has 146 valence electrons. The van der Waals surface area contributed by atoms with Gasteiger partial charge in [-0.15, -0.1) is 0 Å². The Kier molecular flexibility index (Phi) is 3.46. The van der Waals surface area contributed by atoms with Crippen LogP contribution in [0, 0.1) is 5.82 Å². The molecular formula is C20H14BrFN4O3. The minimum Gasteiger partial charge on any atom is -0.484 e. The zero-order valence-corrected chi connectivity index (χ0v) is 16.8. The van der Waals surface area contributed by atoms with Crippen LogP contribution in [0.5, 0.6) is 5.75 Å². The van der Waals surface area contributed by atoms with Gasteiger partial charge in [-0.1, -0.05) is 0 Å². The lowest BCUT2D eigenvalue weighted by Crippen LogP contribution is -2.34. The van der Waals surface area contributed by atoms with Crippen LogP contribution in [-0.4, -0.2) is 38.4 Å². The summed E-state index contributed by atoms with van der Waals surface area (Å²) in [7, 11) is 1.71. The van der Waals surface area contributed by atoms with Crippen molar-refractivity contribution in [2.24, 2.45) is 7.05 Å². The molecule has 4 aromatic rings. The third-order valence-electron chi connectivity index (χ3n) is 5.73. The van der Waals surface area contributed by atoms with Gasteiger partial charge in [-0.05, 0) is 28.1 Å². The number of rotatable bonds is 1. The van der Waals surface area contributed by atoms with E-state index in [9.17, 15) is 4.79 Å². The maximum absolute atomic E-state index is 15.3. The van der Waals surface area contributed by atoms with Crippen molar-refractivity contribution in [1.82, 2.24) is 19.1 Å². The van der Waals surface area contributed by atoms with Crippen molar-refractivity contribution in [3.8, 4) is 16.9 Å². The highest BCUT2D eigenvalue weighted by Gasteiger charge is 2.39. The highest BCUT2D eigenvalue weighted by atomic mass is 79.9. The van der Waals surface area contributed by atoms with E-state index in [1.54, 1.807) is 40.7 Å². The van der Waals surface area contributed by atoms with Gasteiger partial charge in [0.15, 0.2) is 0 Å². The van der Waals surface area contributed by atoms with Crippen LogP contribution in [0.15, 0.2) is 40.0 Å². The fraction of sp³-hybridized carbons (Fsp3) is 0.250. The number of aryl methyl sites for hydroxylation is 1. The van der Waals surface area contributed by atoms with E-state index in [4.69, 9.17) is 9.47 Å². The number of nitrogens with zero attached hydrogens (tertiary/aromatic N) is 4. The topological polar surface area (TPSA) is 71.2 Å². The van der Waals surface area contributed by atoms with Gasteiger partial charge in [-0.25, -0.2) is 14.2 Å². The summed E-state index contributed by atoms with van der Waals surface area (Å²) >= 11 is 3.31. The summed E-state index contributed by atoms with van der Waals surface area (Å²) in [5, 5.41) is 0.633. The molecule has 0 aliphatic carbocycles. The van der Waals surface area contributed by atoms with Gasteiger partial charge in [-0.2, -0.15) is 0 Å². The Bertz CT molecular complexity index is 1380. The van der Waals surface area contributed by atoms with Crippen molar-refractivity contribution in [2.45, 2.75) is 12.1 Å². The monoisotopic (exact) mass is 456 g/mol. The summed E-state index contributed by atoms with van der Waals surface area (Å²) in [5.74, 6) is -0.0785. The molecule has 1 aromatic carbocycles. The largest absolute Gasteiger partial charge is 0.484 e. The second-order valence-electron chi connectivity index (χ2n) is 7.29. The van der Waals surface area contributed by atoms with Gasteiger partial charge >= 0.3 is 5.69 Å². The highest BCUT2D eigenvalue weighted by molar-refractivity contribution is 9.10. The molecule has 1 saturated heterocycles. The number of fused-ring (bicyclic) bond motifs is 2. The molecule has 29 heavy (non-hydrogen) atoms. The van der Waals surface area contributed by atoms with Crippen LogP contribution in [0.1, 0.15) is 6.04 Å². The van der Waals surface area contributed by atoms with Crippen molar-refractivity contribution in [1.29, 1.82) is 0 Å². The molecule has 2 aliphatic rings. The summed E-state index contributed by atoms with van der Waals surface area (Å²) in [6, 6.07) is 4.63. The van der Waals surface area contributed by atoms with E-state index in [1.165, 1.54) is 6.07 Å². The Hall–Kier alpha value is -2.78. The van der Waals surface area contributed by atoms with Crippen LogP contribution >= 0.6 is 15.9 Å². The Morgan fingerprint density at radius 1 is 1.24 bits per heavy atom. The van der Waals surface area contributed by atoms with E-state index < -0.39 is 11.9 Å². The fourth-order valence-corrected chi connectivity index (χ4v) is 4.60. The maximum Gasteiger partial charge on any atom is 0.329 e. The van der Waals surface area contributed by atoms with Gasteiger partial charge in [-0.3, -0.25) is 14.1 Å². The molecule has 6 rings (SSSR count). The summed E-state index contributed by atoms with van der Waals surface area (Å²) in [4.78, 5) is 21.7. The number of hydrogen-bond acceptors (Lipinski definition) is 5. The number of pyridine rings is 2. The van der Waals surface area contributed by atoms with E-state index in [0.29, 0.717) is 56.6 Å². The van der Waals surface area contributed by atoms with Gasteiger partial charge in [0.1, 0.15) is 28.3 Å². The molecule has 5 heterocycles. The first-order valence-corrected chi connectivity index (χ1v) is 9.92. The predicted octanol–water partition coefficient (Wildman–Crippen LogP) is 3.18. The molecule has 0 amide bonds. The number of benzene rings is 1. The molecular weight excluding hydrogens is 443 g/mol. The zero-order valence-electron chi connectivity index (χ0n) is 15.2. The summed E-state index contributed by atoms with van der Waals surface area (Å²) in [6.07, 6.45) is 2.79. The number of aromatic nitrogens is 4. The van der Waals surface area contributed by atoms with E-state index in [0.717, 1.165) is 0 Å². The van der Waals surface area contributed by atoms with Crippen molar-refractivity contribution in [3.63, 3.8) is 0 Å². The smallest absolute Gasteiger partial charge is 0.329 e. The fourth-order valence-electron chi connectivity index (χ4n) is 4.36. The van der Waals surface area contributed by atoms with Gasteiger partial charge in [0.25, 0.3) is 0 Å². The Morgan fingerprint density at radius 2 is 2.10 bits per heavy atom. The summed E-state index contributed by atoms with van der Waals surface area (Å²) < 4.78 is 31.2. The molecule has 0 bridgehead atoms. The van der Waals surface area contributed by atoms with Gasteiger partial charge in [0, 0.05) is 24.9 Å². The molecule has 0 unspecified atom stereocenters. The second-order valence-corrected chi connectivity index (χ2v) is 8.10. The molecule has 3 aromatic heterocycles. The van der Waals surface area contributed by atoms with Crippen LogP contribution in [0.3, 0.4) is 0 Å². The Morgan fingerprint density at radius 3 is 2.90 bits per heavy atom. The van der Waals surface area contributed by atoms with Crippen LogP contribution in [0.25, 0.3) is 33.1 Å². The van der Waals surface area contributed by atoms with E-state index in [2.05, 4.69) is 25.9 Å². The lowest BCUT2D eigenvalue weighted by molar-refractivity contribution is 0.140. The van der Waals surface area contributed by atoms with Crippen molar-refractivity contribution >= 4 is 37.9 Å². The van der Waals surface area contributed by atoms with E-state index >= 15 is 4.39 Å². The molecule has 1 fully saturated rings. The third-order valence-corrected chi connectivity index (χ3v) is 6.20. The number of halogens is 2. The second kappa shape index (κ2) is 5.87. The minimum atomic E-state index is -0.453. The first kappa shape index (κ1) is 17.1. The normalized spacial score (nSPS) is 20.2. The molecule has 7 nitrogen and oxygen atoms in total. The summed E-state index contributed by atoms with van der Waals surface area (Å²) in [6.45, 7) is 0.685. The maximum atomic E-state index is 15.3. The van der Waals surface area contributed by atoms with Gasteiger partial charge in [0.05, 0.1) is 46.9 Å². The van der Waals surface area contributed by atoms with Crippen LogP contribution in [0.4, 0.5) is 4.39 Å². The molecule has 0 saturated carbocycles. The zero-order chi connectivity index (χ0) is 19.9. The first-order chi connectivity index (χ1) is 14.0. The van der Waals surface area contributed by atoms with Gasteiger partial charge < -0.3 is 9.47 Å². The number of imidazole rings is 1.